The second-order valence-corrected chi connectivity index (χ2v) is 9.48. The molecule has 1 N–H and O–H groups in total. The minimum Gasteiger partial charge on any atom is -0.489 e. The number of nitrogens with zero attached hydrogens (tertiary/aromatic N) is 3. The predicted molar refractivity (Wildman–Crippen MR) is 141 cm³/mol. The summed E-state index contributed by atoms with van der Waals surface area (Å²) in [5.74, 6) is 0.582. The molecule has 4 heterocycles. The Labute approximate surface area is 206 Å². The van der Waals surface area contributed by atoms with E-state index in [0.29, 0.717) is 12.4 Å². The molecule has 0 aliphatic carbocycles. The van der Waals surface area contributed by atoms with E-state index >= 15 is 0 Å². The van der Waals surface area contributed by atoms with Crippen molar-refractivity contribution in [3.63, 3.8) is 0 Å². The van der Waals surface area contributed by atoms with E-state index in [1.165, 1.54) is 48.1 Å². The van der Waals surface area contributed by atoms with Crippen LogP contribution >= 0.6 is 0 Å². The highest BCUT2D eigenvalue weighted by Gasteiger charge is 2.21. The highest BCUT2D eigenvalue weighted by Crippen LogP contribution is 2.31. The molecule has 0 spiro atoms. The summed E-state index contributed by atoms with van der Waals surface area (Å²) in [6.07, 6.45) is 5.64. The second kappa shape index (κ2) is 10.5. The van der Waals surface area contributed by atoms with Gasteiger partial charge in [-0.15, -0.1) is 0 Å². The first-order valence-corrected chi connectivity index (χ1v) is 12.5. The molecule has 6 heteroatoms. The second-order valence-electron chi connectivity index (χ2n) is 9.48. The smallest absolute Gasteiger partial charge is 0.258 e. The fraction of sp³-hybridized carbons (Fsp3) is 0.345. The van der Waals surface area contributed by atoms with E-state index in [0.717, 1.165) is 30.8 Å². The van der Waals surface area contributed by atoms with Crippen LogP contribution in [-0.4, -0.2) is 40.7 Å². The highest BCUT2D eigenvalue weighted by atomic mass is 16.5. The van der Waals surface area contributed by atoms with Crippen LogP contribution in [0.3, 0.4) is 0 Å². The number of likely N-dealkylation sites (N-methyl/N-ethyl adjacent to an activating group) is 1. The molecule has 6 rings (SSSR count). The van der Waals surface area contributed by atoms with Gasteiger partial charge in [0.1, 0.15) is 12.4 Å². The number of aromatic nitrogens is 2. The standard InChI is InChI=1S/C25H25N3O2.C4H9N/c1-26-12-11-22-21-9-8-19(14-23(21)27(2)24(22)16-26)28-13-10-20(15-25(28)29)30-17-18-6-4-3-5-7-18;1-2-4-5-3-1/h3-10,13-15H,11-12,16-17H2,1-2H3;5H,1-4H2. The monoisotopic (exact) mass is 470 g/mol. The van der Waals surface area contributed by atoms with Crippen LogP contribution in [0.25, 0.3) is 16.6 Å². The molecule has 2 aliphatic heterocycles. The van der Waals surface area contributed by atoms with Crippen LogP contribution in [0, 0.1) is 0 Å². The number of hydrogen-bond donors (Lipinski definition) is 1. The average molecular weight is 471 g/mol. The largest absolute Gasteiger partial charge is 0.489 e. The molecule has 6 nitrogen and oxygen atoms in total. The Kier molecular flexibility index (Phi) is 7.02. The molecule has 2 aromatic heterocycles. The molecular formula is C29H34N4O2. The SMILES string of the molecule is C1CCNC1.CN1CCc2c(n(C)c3cc(-n4ccc(OCc5ccccc5)cc4=O)ccc23)C1. The van der Waals surface area contributed by atoms with Gasteiger partial charge in [0.15, 0.2) is 0 Å². The summed E-state index contributed by atoms with van der Waals surface area (Å²) >= 11 is 0. The van der Waals surface area contributed by atoms with Gasteiger partial charge in [-0.2, -0.15) is 0 Å². The first kappa shape index (κ1) is 23.4. The van der Waals surface area contributed by atoms with Crippen LogP contribution in [0.4, 0.5) is 0 Å². The molecule has 2 aliphatic rings. The molecule has 182 valence electrons. The summed E-state index contributed by atoms with van der Waals surface area (Å²) in [6, 6.07) is 19.6. The summed E-state index contributed by atoms with van der Waals surface area (Å²) in [4.78, 5) is 15.1. The Hall–Kier alpha value is -3.35. The quantitative estimate of drug-likeness (QED) is 0.484. The third kappa shape index (κ3) is 5.19. The molecular weight excluding hydrogens is 436 g/mol. The zero-order valence-electron chi connectivity index (χ0n) is 20.7. The zero-order chi connectivity index (χ0) is 24.2. The Balaban J connectivity index is 0.000000453. The minimum absolute atomic E-state index is 0.0985. The van der Waals surface area contributed by atoms with Gasteiger partial charge in [0.05, 0.1) is 11.2 Å². The number of fused-ring (bicyclic) bond motifs is 3. The summed E-state index contributed by atoms with van der Waals surface area (Å²) < 4.78 is 9.74. The van der Waals surface area contributed by atoms with E-state index < -0.39 is 0 Å². The lowest BCUT2D eigenvalue weighted by molar-refractivity contribution is 0.305. The van der Waals surface area contributed by atoms with Crippen LogP contribution in [0.15, 0.2) is 71.7 Å². The van der Waals surface area contributed by atoms with Gasteiger partial charge >= 0.3 is 0 Å². The lowest BCUT2D eigenvalue weighted by atomic mass is 10.0. The van der Waals surface area contributed by atoms with Crippen molar-refractivity contribution < 1.29 is 4.74 Å². The summed E-state index contributed by atoms with van der Waals surface area (Å²) in [5, 5.41) is 4.51. The molecule has 0 radical (unpaired) electrons. The highest BCUT2D eigenvalue weighted by molar-refractivity contribution is 5.87. The van der Waals surface area contributed by atoms with Crippen LogP contribution < -0.4 is 15.6 Å². The van der Waals surface area contributed by atoms with E-state index in [9.17, 15) is 4.79 Å². The van der Waals surface area contributed by atoms with Crippen molar-refractivity contribution in [2.24, 2.45) is 7.05 Å². The first-order chi connectivity index (χ1) is 17.1. The molecule has 1 fully saturated rings. The zero-order valence-corrected chi connectivity index (χ0v) is 20.7. The van der Waals surface area contributed by atoms with Gasteiger partial charge in [-0.05, 0) is 68.7 Å². The third-order valence-corrected chi connectivity index (χ3v) is 6.96. The van der Waals surface area contributed by atoms with Gasteiger partial charge in [-0.25, -0.2) is 0 Å². The van der Waals surface area contributed by atoms with Gasteiger partial charge in [-0.3, -0.25) is 9.36 Å². The van der Waals surface area contributed by atoms with Gasteiger partial charge in [-0.1, -0.05) is 36.4 Å². The van der Waals surface area contributed by atoms with Crippen molar-refractivity contribution in [3.8, 4) is 11.4 Å². The van der Waals surface area contributed by atoms with E-state index in [1.807, 2.05) is 42.5 Å². The molecule has 0 atom stereocenters. The molecule has 1 saturated heterocycles. The molecule has 4 aromatic rings. The van der Waals surface area contributed by atoms with E-state index in [1.54, 1.807) is 16.8 Å². The Morgan fingerprint density at radius 1 is 0.971 bits per heavy atom. The van der Waals surface area contributed by atoms with Crippen molar-refractivity contribution in [2.45, 2.75) is 32.4 Å². The fourth-order valence-electron chi connectivity index (χ4n) is 4.95. The topological polar surface area (TPSA) is 51.4 Å². The number of hydrogen-bond acceptors (Lipinski definition) is 4. The molecule has 0 unspecified atom stereocenters. The van der Waals surface area contributed by atoms with Crippen molar-refractivity contribution in [1.29, 1.82) is 0 Å². The predicted octanol–water partition coefficient (Wildman–Crippen LogP) is 4.27. The van der Waals surface area contributed by atoms with E-state index in [-0.39, 0.29) is 5.56 Å². The van der Waals surface area contributed by atoms with Crippen molar-refractivity contribution in [3.05, 3.63) is 94.0 Å². The van der Waals surface area contributed by atoms with Crippen molar-refractivity contribution >= 4 is 10.9 Å². The fourth-order valence-corrected chi connectivity index (χ4v) is 4.95. The van der Waals surface area contributed by atoms with Crippen LogP contribution in [0.2, 0.25) is 0 Å². The Bertz CT molecular complexity index is 1350. The molecule has 0 bridgehead atoms. The van der Waals surface area contributed by atoms with Gasteiger partial charge in [0, 0.05) is 43.5 Å². The van der Waals surface area contributed by atoms with Crippen LogP contribution in [0.5, 0.6) is 5.75 Å². The van der Waals surface area contributed by atoms with Crippen LogP contribution in [0.1, 0.15) is 29.7 Å². The number of pyridine rings is 1. The molecule has 0 amide bonds. The Morgan fingerprint density at radius 2 is 1.77 bits per heavy atom. The van der Waals surface area contributed by atoms with Gasteiger partial charge < -0.3 is 19.5 Å². The third-order valence-electron chi connectivity index (χ3n) is 6.96. The lowest BCUT2D eigenvalue weighted by Gasteiger charge is -2.23. The Morgan fingerprint density at radius 3 is 2.49 bits per heavy atom. The number of aryl methyl sites for hydroxylation is 1. The lowest BCUT2D eigenvalue weighted by Crippen LogP contribution is -2.27. The molecule has 2 aromatic carbocycles. The number of benzene rings is 2. The van der Waals surface area contributed by atoms with Gasteiger partial charge in [0.2, 0.25) is 0 Å². The van der Waals surface area contributed by atoms with Gasteiger partial charge in [0.25, 0.3) is 5.56 Å². The summed E-state index contributed by atoms with van der Waals surface area (Å²) in [5.41, 5.74) is 5.82. The van der Waals surface area contributed by atoms with Crippen molar-refractivity contribution in [2.75, 3.05) is 26.7 Å². The number of rotatable bonds is 4. The normalized spacial score (nSPS) is 15.5. The average Bonchev–Trinajstić information content (AvgIpc) is 3.55. The molecule has 35 heavy (non-hydrogen) atoms. The number of ether oxygens (including phenoxy) is 1. The minimum atomic E-state index is -0.0985. The number of nitrogens with one attached hydrogen (secondary N) is 1. The van der Waals surface area contributed by atoms with Crippen LogP contribution in [-0.2, 0) is 26.6 Å². The van der Waals surface area contributed by atoms with E-state index in [2.05, 4.69) is 41.0 Å². The maximum absolute atomic E-state index is 12.8. The maximum Gasteiger partial charge on any atom is 0.258 e. The first-order valence-electron chi connectivity index (χ1n) is 12.5. The molecule has 0 saturated carbocycles. The maximum atomic E-state index is 12.8. The van der Waals surface area contributed by atoms with Crippen molar-refractivity contribution in [1.82, 2.24) is 19.4 Å². The van der Waals surface area contributed by atoms with E-state index in [4.69, 9.17) is 4.74 Å². The summed E-state index contributed by atoms with van der Waals surface area (Å²) in [6.45, 7) is 4.99. The summed E-state index contributed by atoms with van der Waals surface area (Å²) in [7, 11) is 4.28.